The fourth-order valence-corrected chi connectivity index (χ4v) is 0.987. The molecule has 1 rings (SSSR count). The Morgan fingerprint density at radius 1 is 1.50 bits per heavy atom. The third-order valence-corrected chi connectivity index (χ3v) is 1.50. The maximum Gasteiger partial charge on any atom is 0.299 e. The van der Waals surface area contributed by atoms with Crippen LogP contribution in [0, 0.1) is 5.37 Å². The van der Waals surface area contributed by atoms with Crippen molar-refractivity contribution in [3.8, 4) is 0 Å². The second-order valence-corrected chi connectivity index (χ2v) is 2.59. The zero-order chi connectivity index (χ0) is 6.15. The van der Waals surface area contributed by atoms with Gasteiger partial charge in [-0.3, -0.25) is 9.59 Å². The molecule has 1 aliphatic rings. The fourth-order valence-electron chi connectivity index (χ4n) is 0.422. The Kier molecular flexibility index (Phi) is 1.25. The summed E-state index contributed by atoms with van der Waals surface area (Å²) >= 11 is 0.946. The van der Waals surface area contributed by atoms with Crippen LogP contribution in [0.15, 0.2) is 0 Å². The molecular weight excluding hydrogens is 126 g/mol. The summed E-state index contributed by atoms with van der Waals surface area (Å²) in [6, 6.07) is 0. The molecule has 4 heteroatoms. The maximum absolute atomic E-state index is 10.3. The highest BCUT2D eigenvalue weighted by molar-refractivity contribution is 8.18. The normalized spacial score (nSPS) is 21.6. The maximum atomic E-state index is 10.3. The summed E-state index contributed by atoms with van der Waals surface area (Å²) in [5.74, 6) is -0.507. The molecule has 0 unspecified atom stereocenters. The van der Waals surface area contributed by atoms with E-state index in [4.69, 9.17) is 0 Å². The van der Waals surface area contributed by atoms with Crippen LogP contribution in [-0.2, 0) is 9.59 Å². The topological polar surface area (TPSA) is 46.2 Å². The minimum absolute atomic E-state index is 0.414. The highest BCUT2D eigenvalue weighted by atomic mass is 32.2. The van der Waals surface area contributed by atoms with Crippen LogP contribution in [0.2, 0.25) is 0 Å². The quantitative estimate of drug-likeness (QED) is 0.465. The second kappa shape index (κ2) is 1.78. The van der Waals surface area contributed by atoms with Crippen LogP contribution >= 0.6 is 11.8 Å². The number of thioether (sulfide) groups is 1. The van der Waals surface area contributed by atoms with Crippen molar-refractivity contribution < 1.29 is 9.59 Å². The van der Waals surface area contributed by atoms with E-state index < -0.39 is 11.0 Å². The van der Waals surface area contributed by atoms with Gasteiger partial charge >= 0.3 is 0 Å². The lowest BCUT2D eigenvalue weighted by Gasteiger charge is -1.90. The molecule has 0 saturated carbocycles. The number of carbonyl (C=O) groups is 2. The van der Waals surface area contributed by atoms with Crippen molar-refractivity contribution in [1.29, 1.82) is 0 Å². The molecule has 3 nitrogen and oxygen atoms in total. The van der Waals surface area contributed by atoms with E-state index in [9.17, 15) is 9.59 Å². The lowest BCUT2D eigenvalue weighted by atomic mass is 10.6. The monoisotopic (exact) mass is 130 g/mol. The van der Waals surface area contributed by atoms with Crippen molar-refractivity contribution in [3.63, 3.8) is 0 Å². The summed E-state index contributed by atoms with van der Waals surface area (Å²) in [6.07, 6.45) is 0. The van der Waals surface area contributed by atoms with Gasteiger partial charge in [0.15, 0.2) is 0 Å². The first-order valence-electron chi connectivity index (χ1n) is 2.07. The van der Waals surface area contributed by atoms with Gasteiger partial charge in [-0.05, 0) is 18.7 Å². The molecular formula is C4H4NO2S. The van der Waals surface area contributed by atoms with E-state index in [0.29, 0.717) is 5.37 Å². The lowest BCUT2D eigenvalue weighted by Crippen LogP contribution is -2.19. The summed E-state index contributed by atoms with van der Waals surface area (Å²) in [4.78, 5) is 20.6. The van der Waals surface area contributed by atoms with Crippen LogP contribution in [-0.4, -0.2) is 11.0 Å². The van der Waals surface area contributed by atoms with Gasteiger partial charge in [-0.25, -0.2) is 0 Å². The minimum Gasteiger partial charge on any atom is -0.331 e. The predicted octanol–water partition coefficient (Wildman–Crippen LogP) is -0.115. The third kappa shape index (κ3) is 0.838. The van der Waals surface area contributed by atoms with Gasteiger partial charge in [-0.1, -0.05) is 0 Å². The van der Waals surface area contributed by atoms with Gasteiger partial charge in [-0.15, -0.1) is 0 Å². The first-order valence-corrected chi connectivity index (χ1v) is 2.88. The second-order valence-electron chi connectivity index (χ2n) is 1.40. The van der Waals surface area contributed by atoms with Gasteiger partial charge < -0.3 is 5.32 Å². The standard InChI is InChI=1S/C4H4NO2S/c1-2-5-3(6)4(7)8-2/h1H3,(H,5,6). The first-order chi connectivity index (χ1) is 3.70. The van der Waals surface area contributed by atoms with Crippen LogP contribution in [0.4, 0.5) is 0 Å². The van der Waals surface area contributed by atoms with Crippen molar-refractivity contribution in [3.05, 3.63) is 5.37 Å². The summed E-state index contributed by atoms with van der Waals surface area (Å²) in [5.41, 5.74) is 0. The number of hydrogen-bond donors (Lipinski definition) is 1. The molecule has 43 valence electrons. The molecule has 0 spiro atoms. The Balaban J connectivity index is 2.64. The molecule has 1 heterocycles. The Labute approximate surface area is 50.8 Å². The number of rotatable bonds is 0. The molecule has 1 amide bonds. The SMILES string of the molecule is C[C]1NC(=O)C(=O)S1. The number of carbonyl (C=O) groups excluding carboxylic acids is 2. The van der Waals surface area contributed by atoms with E-state index in [2.05, 4.69) is 5.32 Å². The van der Waals surface area contributed by atoms with Crippen LogP contribution in [0.25, 0.3) is 0 Å². The van der Waals surface area contributed by atoms with E-state index in [1.807, 2.05) is 0 Å². The van der Waals surface area contributed by atoms with Crippen molar-refractivity contribution in [2.75, 3.05) is 0 Å². The average Bonchev–Trinajstić information content (AvgIpc) is 1.85. The molecule has 0 aromatic heterocycles. The molecule has 8 heavy (non-hydrogen) atoms. The highest BCUT2D eigenvalue weighted by Gasteiger charge is 2.27. The van der Waals surface area contributed by atoms with Crippen LogP contribution in [0.1, 0.15) is 6.92 Å². The Morgan fingerprint density at radius 3 is 2.25 bits per heavy atom. The van der Waals surface area contributed by atoms with Crippen LogP contribution in [0.3, 0.4) is 0 Å². The fraction of sp³-hybridized carbons (Fsp3) is 0.250. The highest BCUT2D eigenvalue weighted by Crippen LogP contribution is 2.21. The molecule has 1 fully saturated rings. The van der Waals surface area contributed by atoms with Crippen molar-refractivity contribution in [1.82, 2.24) is 5.32 Å². The van der Waals surface area contributed by atoms with E-state index in [1.165, 1.54) is 0 Å². The lowest BCUT2D eigenvalue weighted by molar-refractivity contribution is -0.131. The summed E-state index contributed by atoms with van der Waals surface area (Å²) in [7, 11) is 0. The molecule has 1 aliphatic heterocycles. The van der Waals surface area contributed by atoms with Gasteiger partial charge in [0.1, 0.15) is 5.37 Å². The van der Waals surface area contributed by atoms with Crippen molar-refractivity contribution >= 4 is 22.8 Å². The first kappa shape index (κ1) is 5.62. The third-order valence-electron chi connectivity index (χ3n) is 0.721. The van der Waals surface area contributed by atoms with Gasteiger partial charge in [-0.2, -0.15) is 0 Å². The molecule has 1 N–H and O–H groups in total. The molecule has 1 saturated heterocycles. The summed E-state index contributed by atoms with van der Waals surface area (Å²) in [5, 5.41) is 2.61. The van der Waals surface area contributed by atoms with Crippen LogP contribution < -0.4 is 5.32 Å². The van der Waals surface area contributed by atoms with E-state index in [1.54, 1.807) is 6.92 Å². The number of amides is 1. The van der Waals surface area contributed by atoms with Gasteiger partial charge in [0.2, 0.25) is 0 Å². The number of hydrogen-bond acceptors (Lipinski definition) is 3. The van der Waals surface area contributed by atoms with Crippen molar-refractivity contribution in [2.45, 2.75) is 6.92 Å². The minimum atomic E-state index is -0.507. The summed E-state index contributed by atoms with van der Waals surface area (Å²) < 4.78 is 0. The van der Waals surface area contributed by atoms with E-state index in [-0.39, 0.29) is 0 Å². The smallest absolute Gasteiger partial charge is 0.299 e. The molecule has 0 aromatic carbocycles. The zero-order valence-corrected chi connectivity index (χ0v) is 5.04. The van der Waals surface area contributed by atoms with Crippen LogP contribution in [0.5, 0.6) is 0 Å². The Morgan fingerprint density at radius 2 is 2.12 bits per heavy atom. The van der Waals surface area contributed by atoms with Gasteiger partial charge in [0.25, 0.3) is 11.0 Å². The summed E-state index contributed by atoms with van der Waals surface area (Å²) in [6.45, 7) is 1.69. The predicted molar refractivity (Wildman–Crippen MR) is 29.7 cm³/mol. The Hall–Kier alpha value is -0.510. The largest absolute Gasteiger partial charge is 0.331 e. The molecule has 0 bridgehead atoms. The molecule has 0 atom stereocenters. The van der Waals surface area contributed by atoms with E-state index >= 15 is 0 Å². The molecule has 0 aliphatic carbocycles. The Bertz CT molecular complexity index is 129. The van der Waals surface area contributed by atoms with Gasteiger partial charge in [0, 0.05) is 0 Å². The molecule has 0 aromatic rings. The van der Waals surface area contributed by atoms with E-state index in [0.717, 1.165) is 11.8 Å². The average molecular weight is 130 g/mol. The van der Waals surface area contributed by atoms with Crippen molar-refractivity contribution in [2.24, 2.45) is 0 Å². The zero-order valence-electron chi connectivity index (χ0n) is 4.22. The number of nitrogens with one attached hydrogen (secondary N) is 1. The van der Waals surface area contributed by atoms with Gasteiger partial charge in [0.05, 0.1) is 0 Å². The molecule has 1 radical (unpaired) electrons.